The van der Waals surface area contributed by atoms with Crippen LogP contribution in [0, 0.1) is 0 Å². The Morgan fingerprint density at radius 3 is 2.63 bits per heavy atom. The van der Waals surface area contributed by atoms with E-state index in [2.05, 4.69) is 4.57 Å². The fourth-order valence-corrected chi connectivity index (χ4v) is 3.64. The van der Waals surface area contributed by atoms with Gasteiger partial charge in [-0.1, -0.05) is 6.07 Å². The zero-order chi connectivity index (χ0) is 20.8. The largest absolute Gasteiger partial charge is 0.504 e. The molecule has 1 aliphatic rings. The number of fused-ring (bicyclic) bond motifs is 1. The molecule has 30 heavy (non-hydrogen) atoms. The molecular formula is C23H21N3O4. The topological polar surface area (TPSA) is 89.5 Å². The number of pyridine rings is 1. The van der Waals surface area contributed by atoms with Crippen LogP contribution in [0.2, 0.25) is 0 Å². The number of phenols is 2. The van der Waals surface area contributed by atoms with Crippen LogP contribution in [0.15, 0.2) is 59.5 Å². The zero-order valence-corrected chi connectivity index (χ0v) is 16.4. The van der Waals surface area contributed by atoms with Gasteiger partial charge in [-0.3, -0.25) is 9.36 Å². The van der Waals surface area contributed by atoms with Crippen molar-refractivity contribution >= 4 is 11.0 Å². The Balaban J connectivity index is 1.39. The van der Waals surface area contributed by atoms with Crippen molar-refractivity contribution in [1.82, 2.24) is 14.1 Å². The molecule has 7 heteroatoms. The average Bonchev–Trinajstić information content (AvgIpc) is 3.53. The van der Waals surface area contributed by atoms with Crippen LogP contribution >= 0.6 is 0 Å². The van der Waals surface area contributed by atoms with E-state index in [0.29, 0.717) is 17.2 Å². The molecular weight excluding hydrogens is 382 g/mol. The number of ether oxygens (including phenoxy) is 1. The molecule has 5 rings (SSSR count). The molecule has 0 unspecified atom stereocenters. The van der Waals surface area contributed by atoms with Crippen LogP contribution in [0.1, 0.15) is 30.1 Å². The average molecular weight is 403 g/mol. The maximum Gasteiger partial charge on any atom is 0.258 e. The molecule has 1 saturated carbocycles. The van der Waals surface area contributed by atoms with Gasteiger partial charge >= 0.3 is 0 Å². The highest BCUT2D eigenvalue weighted by atomic mass is 16.5. The summed E-state index contributed by atoms with van der Waals surface area (Å²) in [7, 11) is 2.02. The van der Waals surface area contributed by atoms with E-state index in [9.17, 15) is 15.0 Å². The van der Waals surface area contributed by atoms with Crippen LogP contribution in [0.3, 0.4) is 0 Å². The molecule has 0 radical (unpaired) electrons. The Labute approximate surface area is 172 Å². The number of rotatable bonds is 5. The summed E-state index contributed by atoms with van der Waals surface area (Å²) in [5.41, 5.74) is 3.20. The molecule has 0 atom stereocenters. The van der Waals surface area contributed by atoms with Gasteiger partial charge in [0.15, 0.2) is 11.5 Å². The molecule has 0 bridgehead atoms. The Morgan fingerprint density at radius 2 is 1.90 bits per heavy atom. The van der Waals surface area contributed by atoms with Crippen molar-refractivity contribution in [2.45, 2.75) is 25.4 Å². The standard InChI is InChI=1S/C23H21N3O4/c1-25-19-11-16(5-6-18(19)24-23(25)15-3-4-15)26-9-8-17(12-22(26)29)30-13-14-2-7-20(27)21(28)10-14/h2,5-12,15,27-28H,3-4,13H2,1H3. The van der Waals surface area contributed by atoms with Gasteiger partial charge < -0.3 is 19.5 Å². The lowest BCUT2D eigenvalue weighted by Gasteiger charge is -2.10. The highest BCUT2D eigenvalue weighted by Gasteiger charge is 2.28. The van der Waals surface area contributed by atoms with E-state index >= 15 is 0 Å². The molecule has 0 spiro atoms. The van der Waals surface area contributed by atoms with Gasteiger partial charge in [0.1, 0.15) is 18.2 Å². The first-order chi connectivity index (χ1) is 14.5. The molecule has 0 amide bonds. The van der Waals surface area contributed by atoms with Crippen molar-refractivity contribution < 1.29 is 14.9 Å². The number of nitrogens with zero attached hydrogens (tertiary/aromatic N) is 3. The summed E-state index contributed by atoms with van der Waals surface area (Å²) in [5, 5.41) is 18.9. The first-order valence-electron chi connectivity index (χ1n) is 9.83. The van der Waals surface area contributed by atoms with Gasteiger partial charge in [-0.2, -0.15) is 0 Å². The summed E-state index contributed by atoms with van der Waals surface area (Å²) >= 11 is 0. The maximum absolute atomic E-state index is 12.7. The van der Waals surface area contributed by atoms with E-state index in [1.54, 1.807) is 22.9 Å². The number of benzene rings is 2. The quantitative estimate of drug-likeness (QED) is 0.497. The van der Waals surface area contributed by atoms with E-state index in [1.807, 2.05) is 25.2 Å². The fraction of sp³-hybridized carbons (Fsp3) is 0.217. The number of imidazole rings is 1. The van der Waals surface area contributed by atoms with Crippen molar-refractivity contribution in [3.63, 3.8) is 0 Å². The van der Waals surface area contributed by atoms with Crippen molar-refractivity contribution in [2.24, 2.45) is 7.05 Å². The predicted octanol–water partition coefficient (Wildman–Crippen LogP) is 3.59. The summed E-state index contributed by atoms with van der Waals surface area (Å²) < 4.78 is 9.35. The normalized spacial score (nSPS) is 13.6. The molecule has 0 aliphatic heterocycles. The monoisotopic (exact) mass is 403 g/mol. The van der Waals surface area contributed by atoms with Crippen molar-refractivity contribution in [3.05, 3.63) is 76.5 Å². The van der Waals surface area contributed by atoms with Crippen molar-refractivity contribution in [3.8, 4) is 22.9 Å². The van der Waals surface area contributed by atoms with Crippen molar-refractivity contribution in [1.29, 1.82) is 0 Å². The Hall–Kier alpha value is -3.74. The minimum absolute atomic E-state index is 0.169. The second-order valence-corrected chi connectivity index (χ2v) is 7.66. The minimum atomic E-state index is -0.207. The Bertz CT molecular complexity index is 1320. The second-order valence-electron chi connectivity index (χ2n) is 7.66. The number of aromatic hydroxyl groups is 2. The summed E-state index contributed by atoms with van der Waals surface area (Å²) in [6.45, 7) is 0.169. The Morgan fingerprint density at radius 1 is 1.07 bits per heavy atom. The number of hydrogen-bond donors (Lipinski definition) is 2. The Kier molecular flexibility index (Phi) is 4.24. The van der Waals surface area contributed by atoms with E-state index in [1.165, 1.54) is 31.0 Å². The predicted molar refractivity (Wildman–Crippen MR) is 112 cm³/mol. The van der Waals surface area contributed by atoms with Crippen LogP contribution in [0.4, 0.5) is 0 Å². The molecule has 2 N–H and O–H groups in total. The third-order valence-corrected chi connectivity index (χ3v) is 5.46. The highest BCUT2D eigenvalue weighted by molar-refractivity contribution is 5.78. The van der Waals surface area contributed by atoms with E-state index in [-0.39, 0.29) is 23.7 Å². The van der Waals surface area contributed by atoms with Crippen LogP contribution < -0.4 is 10.3 Å². The lowest BCUT2D eigenvalue weighted by atomic mass is 10.2. The summed E-state index contributed by atoms with van der Waals surface area (Å²) in [5.74, 6) is 1.71. The van der Waals surface area contributed by atoms with Gasteiger partial charge in [-0.25, -0.2) is 4.98 Å². The van der Waals surface area contributed by atoms with Crippen LogP contribution in [-0.2, 0) is 13.7 Å². The fourth-order valence-electron chi connectivity index (χ4n) is 3.64. The van der Waals surface area contributed by atoms with Gasteiger partial charge in [0.2, 0.25) is 0 Å². The molecule has 7 nitrogen and oxygen atoms in total. The summed E-state index contributed by atoms with van der Waals surface area (Å²) in [6, 6.07) is 13.5. The van der Waals surface area contributed by atoms with Crippen molar-refractivity contribution in [2.75, 3.05) is 0 Å². The first-order valence-corrected chi connectivity index (χ1v) is 9.83. The van der Waals surface area contributed by atoms with Gasteiger partial charge in [0.05, 0.1) is 16.7 Å². The first kappa shape index (κ1) is 18.3. The molecule has 4 aromatic rings. The lowest BCUT2D eigenvalue weighted by Crippen LogP contribution is -2.16. The molecule has 152 valence electrons. The molecule has 2 heterocycles. The van der Waals surface area contributed by atoms with Crippen LogP contribution in [0.5, 0.6) is 17.2 Å². The third-order valence-electron chi connectivity index (χ3n) is 5.46. The highest BCUT2D eigenvalue weighted by Crippen LogP contribution is 2.40. The van der Waals surface area contributed by atoms with E-state index < -0.39 is 0 Å². The molecule has 2 aromatic carbocycles. The third kappa shape index (κ3) is 3.28. The van der Waals surface area contributed by atoms with Gasteiger partial charge in [0, 0.05) is 25.2 Å². The molecule has 2 aromatic heterocycles. The van der Waals surface area contributed by atoms with E-state index in [4.69, 9.17) is 9.72 Å². The summed E-state index contributed by atoms with van der Waals surface area (Å²) in [6.07, 6.45) is 4.06. The number of aryl methyl sites for hydroxylation is 1. The number of phenolic OH excluding ortho intramolecular Hbond substituents is 2. The molecule has 0 saturated heterocycles. The van der Waals surface area contributed by atoms with Gasteiger partial charge in [-0.05, 0) is 54.8 Å². The number of aromatic nitrogens is 3. The minimum Gasteiger partial charge on any atom is -0.504 e. The van der Waals surface area contributed by atoms with Crippen LogP contribution in [-0.4, -0.2) is 24.3 Å². The SMILES string of the molecule is Cn1c(C2CC2)nc2ccc(-n3ccc(OCc4ccc(O)c(O)c4)cc3=O)cc21. The van der Waals surface area contributed by atoms with Gasteiger partial charge in [0.25, 0.3) is 5.56 Å². The summed E-state index contributed by atoms with van der Waals surface area (Å²) in [4.78, 5) is 17.4. The second kappa shape index (κ2) is 6.95. The van der Waals surface area contributed by atoms with E-state index in [0.717, 1.165) is 22.5 Å². The molecule has 1 aliphatic carbocycles. The molecule has 1 fully saturated rings. The maximum atomic E-state index is 12.7. The zero-order valence-electron chi connectivity index (χ0n) is 16.4. The van der Waals surface area contributed by atoms with Gasteiger partial charge in [-0.15, -0.1) is 0 Å². The smallest absolute Gasteiger partial charge is 0.258 e. The van der Waals surface area contributed by atoms with Crippen LogP contribution in [0.25, 0.3) is 16.7 Å². The lowest BCUT2D eigenvalue weighted by molar-refractivity contribution is 0.304. The number of hydrogen-bond acceptors (Lipinski definition) is 5.